The van der Waals surface area contributed by atoms with E-state index in [9.17, 15) is 0 Å². The van der Waals surface area contributed by atoms with E-state index in [2.05, 4.69) is 42.3 Å². The van der Waals surface area contributed by atoms with Crippen LogP contribution in [-0.2, 0) is 0 Å². The van der Waals surface area contributed by atoms with Crippen molar-refractivity contribution in [1.29, 1.82) is 0 Å². The fourth-order valence-electron chi connectivity index (χ4n) is 4.47. The first-order valence-corrected chi connectivity index (χ1v) is 9.68. The lowest BCUT2D eigenvalue weighted by atomic mass is 9.91. The molecule has 3 heterocycles. The van der Waals surface area contributed by atoms with E-state index in [0.29, 0.717) is 4.75 Å². The van der Waals surface area contributed by atoms with Crippen molar-refractivity contribution in [2.24, 2.45) is 5.92 Å². The fourth-order valence-corrected chi connectivity index (χ4v) is 5.80. The minimum Gasteiger partial charge on any atom is -0.298 e. The van der Waals surface area contributed by atoms with E-state index in [0.717, 1.165) is 18.0 Å². The smallest absolute Gasteiger partial charge is 0.0259 e. The Kier molecular flexibility index (Phi) is 4.69. The first kappa shape index (κ1) is 15.2. The van der Waals surface area contributed by atoms with Gasteiger partial charge in [0.05, 0.1) is 0 Å². The van der Waals surface area contributed by atoms with Crippen molar-refractivity contribution in [3.63, 3.8) is 0 Å². The quantitative estimate of drug-likeness (QED) is 0.787. The summed E-state index contributed by atoms with van der Waals surface area (Å²) in [5, 5.41) is 0. The molecule has 0 N–H and O–H groups in total. The van der Waals surface area contributed by atoms with Crippen LogP contribution in [0.3, 0.4) is 0 Å². The minimum atomic E-state index is 0.532. The maximum Gasteiger partial charge on any atom is 0.0259 e. The van der Waals surface area contributed by atoms with Crippen molar-refractivity contribution in [1.82, 2.24) is 9.80 Å². The van der Waals surface area contributed by atoms with E-state index in [1.165, 1.54) is 64.0 Å². The standard InChI is InChI=1S/C17H32N2S/c1-14(2)16-12-18-9-5-4-7-15(18)11-19(16)13-17(3)8-6-10-20-17/h14-16H,4-13H2,1-3H3. The Morgan fingerprint density at radius 2 is 2.05 bits per heavy atom. The predicted molar refractivity (Wildman–Crippen MR) is 89.5 cm³/mol. The number of hydrogen-bond acceptors (Lipinski definition) is 3. The summed E-state index contributed by atoms with van der Waals surface area (Å²) < 4.78 is 0.532. The fraction of sp³-hybridized carbons (Fsp3) is 1.00. The normalized spacial score (nSPS) is 40.2. The van der Waals surface area contributed by atoms with E-state index in [4.69, 9.17) is 0 Å². The Labute approximate surface area is 129 Å². The average molecular weight is 297 g/mol. The van der Waals surface area contributed by atoms with E-state index in [-0.39, 0.29) is 0 Å². The molecule has 3 aliphatic heterocycles. The van der Waals surface area contributed by atoms with Gasteiger partial charge < -0.3 is 0 Å². The molecule has 0 bridgehead atoms. The summed E-state index contributed by atoms with van der Waals surface area (Å²) in [6, 6.07) is 1.64. The molecule has 20 heavy (non-hydrogen) atoms. The molecule has 3 saturated heterocycles. The number of piperazine rings is 1. The lowest BCUT2D eigenvalue weighted by Gasteiger charge is -2.51. The van der Waals surface area contributed by atoms with Gasteiger partial charge in [0.15, 0.2) is 0 Å². The van der Waals surface area contributed by atoms with Crippen molar-refractivity contribution in [2.45, 2.75) is 69.7 Å². The number of nitrogens with zero attached hydrogens (tertiary/aromatic N) is 2. The van der Waals surface area contributed by atoms with Crippen LogP contribution in [0, 0.1) is 5.92 Å². The van der Waals surface area contributed by atoms with Crippen LogP contribution < -0.4 is 0 Å². The second kappa shape index (κ2) is 6.18. The monoisotopic (exact) mass is 296 g/mol. The van der Waals surface area contributed by atoms with E-state index in [1.807, 2.05) is 0 Å². The molecule has 0 aliphatic carbocycles. The van der Waals surface area contributed by atoms with Crippen molar-refractivity contribution < 1.29 is 0 Å². The highest BCUT2D eigenvalue weighted by molar-refractivity contribution is 8.00. The Morgan fingerprint density at radius 3 is 2.75 bits per heavy atom. The minimum absolute atomic E-state index is 0.532. The molecule has 3 heteroatoms. The molecule has 0 aromatic carbocycles. The van der Waals surface area contributed by atoms with Crippen LogP contribution >= 0.6 is 11.8 Å². The molecular formula is C17H32N2S. The van der Waals surface area contributed by atoms with Crippen molar-refractivity contribution >= 4 is 11.8 Å². The Hall–Kier alpha value is 0.270. The molecule has 0 aromatic rings. The molecule has 0 aromatic heterocycles. The van der Waals surface area contributed by atoms with Crippen molar-refractivity contribution in [2.75, 3.05) is 31.9 Å². The Balaban J connectivity index is 1.69. The van der Waals surface area contributed by atoms with Crippen LogP contribution in [0.15, 0.2) is 0 Å². The molecule has 3 unspecified atom stereocenters. The number of fused-ring (bicyclic) bond motifs is 1. The molecule has 3 aliphatic rings. The Bertz CT molecular complexity index is 325. The number of rotatable bonds is 3. The summed E-state index contributed by atoms with van der Waals surface area (Å²) in [5.41, 5.74) is 0. The Morgan fingerprint density at radius 1 is 1.20 bits per heavy atom. The van der Waals surface area contributed by atoms with Crippen LogP contribution in [-0.4, -0.2) is 58.6 Å². The molecule has 3 atom stereocenters. The van der Waals surface area contributed by atoms with Gasteiger partial charge in [0.1, 0.15) is 0 Å². The molecule has 0 saturated carbocycles. The molecule has 3 rings (SSSR count). The summed E-state index contributed by atoms with van der Waals surface area (Å²) >= 11 is 2.23. The molecule has 116 valence electrons. The maximum atomic E-state index is 2.87. The van der Waals surface area contributed by atoms with E-state index in [1.54, 1.807) is 0 Å². The van der Waals surface area contributed by atoms with E-state index < -0.39 is 0 Å². The molecule has 0 amide bonds. The van der Waals surface area contributed by atoms with Crippen molar-refractivity contribution in [3.8, 4) is 0 Å². The van der Waals surface area contributed by atoms with Gasteiger partial charge in [-0.1, -0.05) is 20.3 Å². The van der Waals surface area contributed by atoms with Crippen LogP contribution in [0.25, 0.3) is 0 Å². The number of piperidine rings is 1. The zero-order valence-electron chi connectivity index (χ0n) is 13.6. The molecule has 3 fully saturated rings. The van der Waals surface area contributed by atoms with Crippen LogP contribution in [0.5, 0.6) is 0 Å². The second-order valence-corrected chi connectivity index (χ2v) is 9.47. The maximum absolute atomic E-state index is 2.87. The van der Waals surface area contributed by atoms with Crippen LogP contribution in [0.2, 0.25) is 0 Å². The van der Waals surface area contributed by atoms with Crippen LogP contribution in [0.4, 0.5) is 0 Å². The molecule has 2 nitrogen and oxygen atoms in total. The highest BCUT2D eigenvalue weighted by atomic mass is 32.2. The summed E-state index contributed by atoms with van der Waals surface area (Å²) in [4.78, 5) is 5.67. The molecular weight excluding hydrogens is 264 g/mol. The van der Waals surface area contributed by atoms with Gasteiger partial charge in [0.2, 0.25) is 0 Å². The van der Waals surface area contributed by atoms with Crippen molar-refractivity contribution in [3.05, 3.63) is 0 Å². The van der Waals surface area contributed by atoms with Gasteiger partial charge in [-0.15, -0.1) is 0 Å². The zero-order valence-corrected chi connectivity index (χ0v) is 14.4. The molecule has 0 spiro atoms. The average Bonchev–Trinajstić information content (AvgIpc) is 2.84. The third kappa shape index (κ3) is 3.20. The third-order valence-corrected chi connectivity index (χ3v) is 7.22. The van der Waals surface area contributed by atoms with Gasteiger partial charge in [-0.3, -0.25) is 9.80 Å². The topological polar surface area (TPSA) is 6.48 Å². The highest BCUT2D eigenvalue weighted by Crippen LogP contribution is 2.40. The lowest BCUT2D eigenvalue weighted by Crippen LogP contribution is -2.62. The number of thioether (sulfide) groups is 1. The van der Waals surface area contributed by atoms with Gasteiger partial charge in [0, 0.05) is 36.5 Å². The highest BCUT2D eigenvalue weighted by Gasteiger charge is 2.40. The van der Waals surface area contributed by atoms with Gasteiger partial charge in [-0.2, -0.15) is 11.8 Å². The van der Waals surface area contributed by atoms with Gasteiger partial charge in [-0.05, 0) is 50.8 Å². The second-order valence-electron chi connectivity index (χ2n) is 7.79. The summed E-state index contributed by atoms with van der Waals surface area (Å²) in [5.74, 6) is 2.17. The summed E-state index contributed by atoms with van der Waals surface area (Å²) in [7, 11) is 0. The summed E-state index contributed by atoms with van der Waals surface area (Å²) in [6.07, 6.45) is 7.16. The lowest BCUT2D eigenvalue weighted by molar-refractivity contribution is -0.0112. The van der Waals surface area contributed by atoms with Gasteiger partial charge >= 0.3 is 0 Å². The first-order valence-electron chi connectivity index (χ1n) is 8.69. The SMILES string of the molecule is CC(C)C1CN2CCCCC2CN1CC1(C)CCCS1. The van der Waals surface area contributed by atoms with E-state index >= 15 is 0 Å². The van der Waals surface area contributed by atoms with Crippen LogP contribution in [0.1, 0.15) is 52.9 Å². The predicted octanol–water partition coefficient (Wildman–Crippen LogP) is 3.47. The number of hydrogen-bond donors (Lipinski definition) is 0. The molecule has 0 radical (unpaired) electrons. The van der Waals surface area contributed by atoms with Gasteiger partial charge in [-0.25, -0.2) is 0 Å². The summed E-state index contributed by atoms with van der Waals surface area (Å²) in [6.45, 7) is 12.7. The third-order valence-electron chi connectivity index (χ3n) is 5.69. The van der Waals surface area contributed by atoms with Gasteiger partial charge in [0.25, 0.3) is 0 Å². The zero-order chi connectivity index (χ0) is 14.2. The largest absolute Gasteiger partial charge is 0.298 e. The first-order chi connectivity index (χ1) is 9.57.